The molecule has 1 aromatic heterocycles. The number of hydrogen-bond donors (Lipinski definition) is 1. The summed E-state index contributed by atoms with van der Waals surface area (Å²) in [4.78, 5) is 4.11. The van der Waals surface area contributed by atoms with Crippen LogP contribution < -0.4 is 10.1 Å². The van der Waals surface area contributed by atoms with Gasteiger partial charge in [0.25, 0.3) is 0 Å². The lowest BCUT2D eigenvalue weighted by atomic mass is 10.2. The summed E-state index contributed by atoms with van der Waals surface area (Å²) in [5.41, 5.74) is 1.18. The molecule has 0 aliphatic carbocycles. The highest BCUT2D eigenvalue weighted by Crippen LogP contribution is 2.17. The van der Waals surface area contributed by atoms with E-state index in [1.54, 1.807) is 6.20 Å². The van der Waals surface area contributed by atoms with Gasteiger partial charge < -0.3 is 10.1 Å². The van der Waals surface area contributed by atoms with Crippen LogP contribution >= 0.6 is 0 Å². The highest BCUT2D eigenvalue weighted by atomic mass is 16.5. The van der Waals surface area contributed by atoms with Crippen LogP contribution in [0.25, 0.3) is 0 Å². The van der Waals surface area contributed by atoms with Gasteiger partial charge >= 0.3 is 0 Å². The monoisotopic (exact) mass is 236 g/mol. The van der Waals surface area contributed by atoms with E-state index >= 15 is 0 Å². The lowest BCUT2D eigenvalue weighted by molar-refractivity contribution is 0.267. The van der Waals surface area contributed by atoms with Crippen molar-refractivity contribution in [2.45, 2.75) is 34.2 Å². The van der Waals surface area contributed by atoms with Crippen LogP contribution in [0.4, 0.5) is 0 Å². The molecule has 0 atom stereocenters. The average Bonchev–Trinajstić information content (AvgIpc) is 2.27. The molecular weight excluding hydrogens is 212 g/mol. The van der Waals surface area contributed by atoms with Gasteiger partial charge in [-0.3, -0.25) is 4.98 Å². The Labute approximate surface area is 105 Å². The van der Waals surface area contributed by atoms with Crippen molar-refractivity contribution in [3.63, 3.8) is 0 Å². The number of nitrogens with zero attached hydrogens (tertiary/aromatic N) is 1. The summed E-state index contributed by atoms with van der Waals surface area (Å²) in [6.45, 7) is 11.3. The summed E-state index contributed by atoms with van der Waals surface area (Å²) >= 11 is 0. The lowest BCUT2D eigenvalue weighted by Gasteiger charge is -2.13. The third-order valence-electron chi connectivity index (χ3n) is 2.31. The SMILES string of the molecule is CC(C)CNCc1ccncc1OCC(C)C. The van der Waals surface area contributed by atoms with Gasteiger partial charge in [0.05, 0.1) is 12.8 Å². The Morgan fingerprint density at radius 1 is 1.24 bits per heavy atom. The Morgan fingerprint density at radius 2 is 2.00 bits per heavy atom. The quantitative estimate of drug-likeness (QED) is 0.790. The fourth-order valence-electron chi connectivity index (χ4n) is 1.44. The summed E-state index contributed by atoms with van der Waals surface area (Å²) < 4.78 is 5.75. The van der Waals surface area contributed by atoms with Gasteiger partial charge in [-0.05, 0) is 24.4 Å². The largest absolute Gasteiger partial charge is 0.491 e. The minimum Gasteiger partial charge on any atom is -0.491 e. The second kappa shape index (κ2) is 7.28. The summed E-state index contributed by atoms with van der Waals surface area (Å²) in [7, 11) is 0. The predicted molar refractivity (Wildman–Crippen MR) is 71.1 cm³/mol. The van der Waals surface area contributed by atoms with E-state index in [0.717, 1.165) is 25.4 Å². The van der Waals surface area contributed by atoms with E-state index in [1.165, 1.54) is 5.56 Å². The second-order valence-corrected chi connectivity index (χ2v) is 5.21. The minimum atomic E-state index is 0.534. The molecule has 3 nitrogen and oxygen atoms in total. The van der Waals surface area contributed by atoms with Crippen LogP contribution in [0.2, 0.25) is 0 Å². The summed E-state index contributed by atoms with van der Waals surface area (Å²) in [5, 5.41) is 3.42. The van der Waals surface area contributed by atoms with Gasteiger partial charge in [-0.2, -0.15) is 0 Å². The molecule has 96 valence electrons. The molecule has 0 unspecified atom stereocenters. The predicted octanol–water partition coefficient (Wildman–Crippen LogP) is 2.86. The van der Waals surface area contributed by atoms with Crippen molar-refractivity contribution in [1.29, 1.82) is 0 Å². The first-order valence-electron chi connectivity index (χ1n) is 6.36. The zero-order valence-corrected chi connectivity index (χ0v) is 11.4. The van der Waals surface area contributed by atoms with Gasteiger partial charge in [-0.15, -0.1) is 0 Å². The molecule has 1 heterocycles. The number of aromatic nitrogens is 1. The Kier molecular flexibility index (Phi) is 5.98. The van der Waals surface area contributed by atoms with E-state index in [4.69, 9.17) is 4.74 Å². The van der Waals surface area contributed by atoms with E-state index in [0.29, 0.717) is 11.8 Å². The first-order chi connectivity index (χ1) is 8.09. The molecule has 17 heavy (non-hydrogen) atoms. The molecule has 0 saturated heterocycles. The van der Waals surface area contributed by atoms with Crippen molar-refractivity contribution in [3.8, 4) is 5.75 Å². The van der Waals surface area contributed by atoms with Crippen molar-refractivity contribution in [3.05, 3.63) is 24.0 Å². The molecule has 0 aliphatic heterocycles. The fraction of sp³-hybridized carbons (Fsp3) is 0.643. The summed E-state index contributed by atoms with van der Waals surface area (Å²) in [6, 6.07) is 2.02. The molecule has 1 rings (SSSR count). The van der Waals surface area contributed by atoms with Crippen molar-refractivity contribution in [1.82, 2.24) is 10.3 Å². The third kappa shape index (κ3) is 5.68. The first-order valence-corrected chi connectivity index (χ1v) is 6.36. The Bertz CT molecular complexity index is 324. The van der Waals surface area contributed by atoms with Crippen molar-refractivity contribution in [2.24, 2.45) is 11.8 Å². The molecule has 0 bridgehead atoms. The lowest BCUT2D eigenvalue weighted by Crippen LogP contribution is -2.19. The van der Waals surface area contributed by atoms with Gasteiger partial charge in [0, 0.05) is 18.3 Å². The van der Waals surface area contributed by atoms with Crippen LogP contribution in [0.15, 0.2) is 18.5 Å². The maximum absolute atomic E-state index is 5.75. The highest BCUT2D eigenvalue weighted by Gasteiger charge is 2.04. The average molecular weight is 236 g/mol. The topological polar surface area (TPSA) is 34.2 Å². The maximum Gasteiger partial charge on any atom is 0.142 e. The van der Waals surface area contributed by atoms with Crippen LogP contribution in [-0.2, 0) is 6.54 Å². The highest BCUT2D eigenvalue weighted by molar-refractivity contribution is 5.29. The van der Waals surface area contributed by atoms with E-state index in [2.05, 4.69) is 38.0 Å². The van der Waals surface area contributed by atoms with E-state index in [1.807, 2.05) is 12.3 Å². The normalized spacial score (nSPS) is 11.2. The molecule has 0 fully saturated rings. The summed E-state index contributed by atoms with van der Waals surface area (Å²) in [5.74, 6) is 2.10. The molecule has 0 aliphatic rings. The molecule has 0 saturated carbocycles. The number of pyridine rings is 1. The molecule has 0 aromatic carbocycles. The van der Waals surface area contributed by atoms with Crippen LogP contribution in [-0.4, -0.2) is 18.1 Å². The number of rotatable bonds is 7. The van der Waals surface area contributed by atoms with Gasteiger partial charge in [-0.1, -0.05) is 27.7 Å². The van der Waals surface area contributed by atoms with Crippen molar-refractivity contribution < 1.29 is 4.74 Å². The fourth-order valence-corrected chi connectivity index (χ4v) is 1.44. The van der Waals surface area contributed by atoms with Gasteiger partial charge in [0.1, 0.15) is 5.75 Å². The van der Waals surface area contributed by atoms with E-state index in [9.17, 15) is 0 Å². The number of nitrogens with one attached hydrogen (secondary N) is 1. The van der Waals surface area contributed by atoms with Gasteiger partial charge in [-0.25, -0.2) is 0 Å². The van der Waals surface area contributed by atoms with Gasteiger partial charge in [0.2, 0.25) is 0 Å². The standard InChI is InChI=1S/C14H24N2O/c1-11(2)7-16-8-13-5-6-15-9-14(13)17-10-12(3)4/h5-6,9,11-12,16H,7-8,10H2,1-4H3. The maximum atomic E-state index is 5.75. The van der Waals surface area contributed by atoms with Crippen molar-refractivity contribution in [2.75, 3.05) is 13.2 Å². The van der Waals surface area contributed by atoms with Crippen LogP contribution in [0.1, 0.15) is 33.3 Å². The number of hydrogen-bond acceptors (Lipinski definition) is 3. The van der Waals surface area contributed by atoms with Crippen LogP contribution in [0.5, 0.6) is 5.75 Å². The molecule has 0 amide bonds. The van der Waals surface area contributed by atoms with Gasteiger partial charge in [0.15, 0.2) is 0 Å². The Balaban J connectivity index is 2.51. The van der Waals surface area contributed by atoms with Crippen molar-refractivity contribution >= 4 is 0 Å². The first kappa shape index (κ1) is 14.0. The zero-order chi connectivity index (χ0) is 12.7. The minimum absolute atomic E-state index is 0.534. The summed E-state index contributed by atoms with van der Waals surface area (Å²) in [6.07, 6.45) is 3.61. The Hall–Kier alpha value is -1.09. The van der Waals surface area contributed by atoms with Crippen LogP contribution in [0, 0.1) is 11.8 Å². The Morgan fingerprint density at radius 3 is 2.65 bits per heavy atom. The zero-order valence-electron chi connectivity index (χ0n) is 11.4. The second-order valence-electron chi connectivity index (χ2n) is 5.21. The molecule has 0 spiro atoms. The molecular formula is C14H24N2O. The molecule has 1 N–H and O–H groups in total. The molecule has 1 aromatic rings. The third-order valence-corrected chi connectivity index (χ3v) is 2.31. The smallest absolute Gasteiger partial charge is 0.142 e. The molecule has 3 heteroatoms. The number of ether oxygens (including phenoxy) is 1. The van der Waals surface area contributed by atoms with E-state index < -0.39 is 0 Å². The molecule has 0 radical (unpaired) electrons. The van der Waals surface area contributed by atoms with Crippen LogP contribution in [0.3, 0.4) is 0 Å². The van der Waals surface area contributed by atoms with E-state index in [-0.39, 0.29) is 0 Å².